The molecule has 0 radical (unpaired) electrons. The quantitative estimate of drug-likeness (QED) is 0.558. The Morgan fingerprint density at radius 2 is 1.68 bits per heavy atom. The standard InChI is InChI=1S/C26H26N2O3/c1-3-22-16-24(27-21-7-5-4-6-8-21)23-15-20(13-14-25(23)28(22)17(2)29)18-9-11-19(12-10-18)26(30)31/h4-15,22,24,27H,3,16H2,1-2H3,(H,30,31)/t22-,24+/m0/s1. The molecule has 4 rings (SSSR count). The van der Waals surface area contributed by atoms with Gasteiger partial charge in [-0.05, 0) is 65.9 Å². The van der Waals surface area contributed by atoms with Crippen LogP contribution in [0.25, 0.3) is 11.1 Å². The van der Waals surface area contributed by atoms with Gasteiger partial charge in [-0.2, -0.15) is 0 Å². The minimum absolute atomic E-state index is 0.0461. The highest BCUT2D eigenvalue weighted by atomic mass is 16.4. The van der Waals surface area contributed by atoms with Gasteiger partial charge in [-0.25, -0.2) is 4.79 Å². The van der Waals surface area contributed by atoms with E-state index in [2.05, 4.69) is 18.3 Å². The van der Waals surface area contributed by atoms with Crippen molar-refractivity contribution >= 4 is 23.3 Å². The van der Waals surface area contributed by atoms with Gasteiger partial charge in [-0.15, -0.1) is 0 Å². The van der Waals surface area contributed by atoms with E-state index < -0.39 is 5.97 Å². The number of hydrogen-bond donors (Lipinski definition) is 2. The SMILES string of the molecule is CC[C@H]1C[C@@H](Nc2ccccc2)c2cc(-c3ccc(C(=O)O)cc3)ccc2N1C(C)=O. The summed E-state index contributed by atoms with van der Waals surface area (Å²) in [7, 11) is 0. The Bertz CT molecular complexity index is 1090. The number of carbonyl (C=O) groups is 2. The first-order chi connectivity index (χ1) is 15.0. The molecule has 0 saturated heterocycles. The zero-order valence-corrected chi connectivity index (χ0v) is 17.7. The Labute approximate surface area is 182 Å². The van der Waals surface area contributed by atoms with Crippen molar-refractivity contribution in [3.63, 3.8) is 0 Å². The predicted molar refractivity (Wildman–Crippen MR) is 123 cm³/mol. The number of nitrogens with one attached hydrogen (secondary N) is 1. The van der Waals surface area contributed by atoms with Gasteiger partial charge in [0.25, 0.3) is 0 Å². The Balaban J connectivity index is 1.77. The van der Waals surface area contributed by atoms with Gasteiger partial charge in [-0.3, -0.25) is 4.79 Å². The van der Waals surface area contributed by atoms with E-state index in [1.165, 1.54) is 0 Å². The fourth-order valence-corrected chi connectivity index (χ4v) is 4.39. The summed E-state index contributed by atoms with van der Waals surface area (Å²) in [6.45, 7) is 3.74. The van der Waals surface area contributed by atoms with Gasteiger partial charge in [0.05, 0.1) is 11.6 Å². The number of amides is 1. The van der Waals surface area contributed by atoms with Crippen LogP contribution in [0.15, 0.2) is 72.8 Å². The number of rotatable bonds is 5. The van der Waals surface area contributed by atoms with E-state index >= 15 is 0 Å². The van der Waals surface area contributed by atoms with Crippen LogP contribution in [0.1, 0.15) is 48.7 Å². The number of hydrogen-bond acceptors (Lipinski definition) is 3. The van der Waals surface area contributed by atoms with Crippen molar-refractivity contribution in [3.05, 3.63) is 83.9 Å². The molecule has 1 amide bonds. The lowest BCUT2D eigenvalue weighted by Crippen LogP contribution is -2.44. The van der Waals surface area contributed by atoms with Crippen LogP contribution in [0.4, 0.5) is 11.4 Å². The van der Waals surface area contributed by atoms with Crippen LogP contribution in [-0.2, 0) is 4.79 Å². The molecule has 158 valence electrons. The molecular formula is C26H26N2O3. The molecule has 2 N–H and O–H groups in total. The number of carboxylic acids is 1. The molecule has 0 unspecified atom stereocenters. The Morgan fingerprint density at radius 1 is 1.00 bits per heavy atom. The van der Waals surface area contributed by atoms with Crippen LogP contribution < -0.4 is 10.2 Å². The summed E-state index contributed by atoms with van der Waals surface area (Å²) in [6, 6.07) is 23.3. The van der Waals surface area contributed by atoms with Gasteiger partial charge in [0.1, 0.15) is 0 Å². The van der Waals surface area contributed by atoms with Crippen LogP contribution in [0, 0.1) is 0 Å². The number of anilines is 2. The van der Waals surface area contributed by atoms with E-state index in [0.717, 1.165) is 40.9 Å². The number of carboxylic acid groups (broad SMARTS) is 1. The van der Waals surface area contributed by atoms with Gasteiger partial charge >= 0.3 is 5.97 Å². The monoisotopic (exact) mass is 414 g/mol. The molecule has 0 bridgehead atoms. The van der Waals surface area contributed by atoms with Gasteiger partial charge < -0.3 is 15.3 Å². The lowest BCUT2D eigenvalue weighted by atomic mass is 9.87. The normalized spacial score (nSPS) is 17.7. The van der Waals surface area contributed by atoms with Crippen LogP contribution in [0.3, 0.4) is 0 Å². The van der Waals surface area contributed by atoms with Crippen molar-refractivity contribution in [3.8, 4) is 11.1 Å². The maximum Gasteiger partial charge on any atom is 0.335 e. The maximum atomic E-state index is 12.5. The highest BCUT2D eigenvalue weighted by Crippen LogP contribution is 2.42. The number of nitrogens with zero attached hydrogens (tertiary/aromatic N) is 1. The summed E-state index contributed by atoms with van der Waals surface area (Å²) in [4.78, 5) is 25.6. The molecule has 31 heavy (non-hydrogen) atoms. The second-order valence-electron chi connectivity index (χ2n) is 7.91. The number of fused-ring (bicyclic) bond motifs is 1. The molecule has 0 fully saturated rings. The van der Waals surface area contributed by atoms with Gasteiger partial charge in [0.15, 0.2) is 0 Å². The summed E-state index contributed by atoms with van der Waals surface area (Å²) < 4.78 is 0. The Hall–Kier alpha value is -3.60. The van der Waals surface area contributed by atoms with Gasteiger partial charge in [0, 0.05) is 24.3 Å². The average Bonchev–Trinajstić information content (AvgIpc) is 2.79. The van der Waals surface area contributed by atoms with Crippen LogP contribution >= 0.6 is 0 Å². The third-order valence-corrected chi connectivity index (χ3v) is 5.93. The summed E-state index contributed by atoms with van der Waals surface area (Å²) in [5.41, 5.74) is 5.25. The third-order valence-electron chi connectivity index (χ3n) is 5.93. The fraction of sp³-hybridized carbons (Fsp3) is 0.231. The maximum absolute atomic E-state index is 12.5. The molecular weight excluding hydrogens is 388 g/mol. The van der Waals surface area contributed by atoms with Crippen LogP contribution in [0.2, 0.25) is 0 Å². The first-order valence-electron chi connectivity index (χ1n) is 10.6. The predicted octanol–water partition coefficient (Wildman–Crippen LogP) is 5.74. The number of aromatic carboxylic acids is 1. The molecule has 0 spiro atoms. The molecule has 3 aromatic rings. The van der Waals surface area contributed by atoms with Crippen molar-refractivity contribution in [2.45, 2.75) is 38.8 Å². The molecule has 0 saturated carbocycles. The molecule has 1 heterocycles. The van der Waals surface area contributed by atoms with E-state index in [-0.39, 0.29) is 23.6 Å². The minimum Gasteiger partial charge on any atom is -0.478 e. The third kappa shape index (κ3) is 4.17. The lowest BCUT2D eigenvalue weighted by Gasteiger charge is -2.41. The van der Waals surface area contributed by atoms with Crippen LogP contribution in [0.5, 0.6) is 0 Å². The first-order valence-corrected chi connectivity index (χ1v) is 10.6. The lowest BCUT2D eigenvalue weighted by molar-refractivity contribution is -0.117. The van der Waals surface area contributed by atoms with Crippen molar-refractivity contribution in [2.24, 2.45) is 0 Å². The fourth-order valence-electron chi connectivity index (χ4n) is 4.39. The Kier molecular flexibility index (Phi) is 5.76. The minimum atomic E-state index is -0.938. The van der Waals surface area contributed by atoms with Crippen molar-refractivity contribution < 1.29 is 14.7 Å². The molecule has 0 aliphatic carbocycles. The second-order valence-corrected chi connectivity index (χ2v) is 7.91. The largest absolute Gasteiger partial charge is 0.478 e. The van der Waals surface area contributed by atoms with Crippen molar-refractivity contribution in [2.75, 3.05) is 10.2 Å². The highest BCUT2D eigenvalue weighted by molar-refractivity contribution is 5.94. The topological polar surface area (TPSA) is 69.6 Å². The molecule has 1 aliphatic heterocycles. The molecule has 5 nitrogen and oxygen atoms in total. The van der Waals surface area contributed by atoms with Crippen molar-refractivity contribution in [1.82, 2.24) is 0 Å². The molecule has 5 heteroatoms. The smallest absolute Gasteiger partial charge is 0.335 e. The van der Waals surface area contributed by atoms with E-state index in [1.54, 1.807) is 19.1 Å². The Morgan fingerprint density at radius 3 is 2.29 bits per heavy atom. The van der Waals surface area contributed by atoms with E-state index in [4.69, 9.17) is 5.11 Å². The summed E-state index contributed by atoms with van der Waals surface area (Å²) in [5.74, 6) is -0.892. The van der Waals surface area contributed by atoms with Gasteiger partial charge in [-0.1, -0.05) is 43.3 Å². The van der Waals surface area contributed by atoms with E-state index in [9.17, 15) is 9.59 Å². The summed E-state index contributed by atoms with van der Waals surface area (Å²) >= 11 is 0. The number of para-hydroxylation sites is 1. The molecule has 1 aliphatic rings. The van der Waals surface area contributed by atoms with Gasteiger partial charge in [0.2, 0.25) is 5.91 Å². The highest BCUT2D eigenvalue weighted by Gasteiger charge is 2.34. The second kappa shape index (κ2) is 8.64. The zero-order chi connectivity index (χ0) is 22.0. The molecule has 0 aromatic heterocycles. The van der Waals surface area contributed by atoms with E-state index in [1.807, 2.05) is 59.5 Å². The number of carbonyl (C=O) groups excluding carboxylic acids is 1. The average molecular weight is 415 g/mol. The van der Waals surface area contributed by atoms with Crippen molar-refractivity contribution in [1.29, 1.82) is 0 Å². The first kappa shape index (κ1) is 20.7. The summed E-state index contributed by atoms with van der Waals surface area (Å²) in [5, 5.41) is 12.8. The van der Waals surface area contributed by atoms with E-state index in [0.29, 0.717) is 0 Å². The summed E-state index contributed by atoms with van der Waals surface area (Å²) in [6.07, 6.45) is 1.70. The number of benzene rings is 3. The molecule has 2 atom stereocenters. The zero-order valence-electron chi connectivity index (χ0n) is 17.7. The molecule has 3 aromatic carbocycles. The van der Waals surface area contributed by atoms with Crippen LogP contribution in [-0.4, -0.2) is 23.0 Å².